The van der Waals surface area contributed by atoms with Crippen molar-refractivity contribution in [3.63, 3.8) is 0 Å². The van der Waals surface area contributed by atoms with Gasteiger partial charge in [0.2, 0.25) is 0 Å². The zero-order valence-corrected chi connectivity index (χ0v) is 12.5. The van der Waals surface area contributed by atoms with Gasteiger partial charge in [-0.25, -0.2) is 0 Å². The molecule has 1 aromatic heterocycles. The molecule has 4 nitrogen and oxygen atoms in total. The zero-order valence-electron chi connectivity index (χ0n) is 12.5. The lowest BCUT2D eigenvalue weighted by Gasteiger charge is -2.42. The summed E-state index contributed by atoms with van der Waals surface area (Å²) >= 11 is 0. The largest absolute Gasteiger partial charge is 0.508 e. The molecule has 2 aliphatic rings. The first kappa shape index (κ1) is 13.6. The van der Waals surface area contributed by atoms with Gasteiger partial charge in [-0.2, -0.15) is 0 Å². The Balaban J connectivity index is 1.56. The summed E-state index contributed by atoms with van der Waals surface area (Å²) in [7, 11) is 0. The Kier molecular flexibility index (Phi) is 3.26. The van der Waals surface area contributed by atoms with Crippen molar-refractivity contribution in [2.45, 2.75) is 25.4 Å². The summed E-state index contributed by atoms with van der Waals surface area (Å²) in [4.78, 5) is 14.5. The number of rotatable bonds is 2. The van der Waals surface area contributed by atoms with E-state index < -0.39 is 0 Å². The molecule has 2 aliphatic heterocycles. The Labute approximate surface area is 129 Å². The Morgan fingerprint density at radius 3 is 2.68 bits per heavy atom. The molecule has 4 rings (SSSR count). The molecule has 1 N–H and O–H groups in total. The van der Waals surface area contributed by atoms with Crippen molar-refractivity contribution >= 4 is 0 Å². The maximum absolute atomic E-state index is 12.0. The molecule has 4 heteroatoms. The van der Waals surface area contributed by atoms with E-state index in [1.807, 2.05) is 22.8 Å². The van der Waals surface area contributed by atoms with Crippen LogP contribution in [0.15, 0.2) is 47.3 Å². The quantitative estimate of drug-likeness (QED) is 0.924. The molecule has 0 aliphatic carbocycles. The summed E-state index contributed by atoms with van der Waals surface area (Å²) in [6.45, 7) is 3.79. The second kappa shape index (κ2) is 5.29. The number of nitrogens with zero attached hydrogens (tertiary/aromatic N) is 2. The topological polar surface area (TPSA) is 45.5 Å². The van der Waals surface area contributed by atoms with Crippen LogP contribution in [0.3, 0.4) is 0 Å². The molecule has 3 heterocycles. The van der Waals surface area contributed by atoms with Gasteiger partial charge in [0.25, 0.3) is 5.56 Å². The van der Waals surface area contributed by atoms with E-state index in [1.54, 1.807) is 18.2 Å². The number of piperidine rings is 1. The molecule has 1 fully saturated rings. The van der Waals surface area contributed by atoms with Crippen molar-refractivity contribution in [3.05, 3.63) is 64.1 Å². The minimum atomic E-state index is 0.138. The fourth-order valence-electron chi connectivity index (χ4n) is 3.98. The number of aromatic hydroxyl groups is 1. The average Bonchev–Trinajstić information content (AvgIpc) is 2.51. The van der Waals surface area contributed by atoms with Crippen LogP contribution in [0.1, 0.15) is 23.6 Å². The first-order chi connectivity index (χ1) is 10.7. The van der Waals surface area contributed by atoms with E-state index in [1.165, 1.54) is 17.7 Å². The van der Waals surface area contributed by atoms with E-state index in [0.29, 0.717) is 17.6 Å². The van der Waals surface area contributed by atoms with Crippen LogP contribution in [-0.2, 0) is 13.1 Å². The normalized spacial score (nSPS) is 24.0. The van der Waals surface area contributed by atoms with Gasteiger partial charge in [-0.1, -0.05) is 18.2 Å². The van der Waals surface area contributed by atoms with Crippen LogP contribution in [-0.4, -0.2) is 27.7 Å². The monoisotopic (exact) mass is 296 g/mol. The first-order valence-corrected chi connectivity index (χ1v) is 7.89. The molecule has 2 atom stereocenters. The molecule has 2 aromatic rings. The summed E-state index contributed by atoms with van der Waals surface area (Å²) in [5, 5.41) is 9.38. The van der Waals surface area contributed by atoms with Crippen LogP contribution in [0, 0.1) is 5.92 Å². The number of benzene rings is 1. The second-order valence-electron chi connectivity index (χ2n) is 6.56. The molecule has 0 amide bonds. The third-order valence-corrected chi connectivity index (χ3v) is 4.90. The lowest BCUT2D eigenvalue weighted by atomic mass is 9.83. The Bertz CT molecular complexity index is 735. The van der Waals surface area contributed by atoms with Crippen LogP contribution in [0.5, 0.6) is 5.75 Å². The van der Waals surface area contributed by atoms with E-state index in [2.05, 4.69) is 11.0 Å². The standard InChI is InChI=1S/C18H20N2O2/c21-16-6-4-13(5-7-16)9-19-10-14-8-15(12-19)17-2-1-3-18(22)20(17)11-14/h1-7,14-15,21H,8-12H2. The number of aromatic nitrogens is 1. The molecule has 0 saturated carbocycles. The highest BCUT2D eigenvalue weighted by Gasteiger charge is 2.34. The van der Waals surface area contributed by atoms with Gasteiger partial charge in [0.1, 0.15) is 5.75 Å². The number of likely N-dealkylation sites (tertiary alicyclic amines) is 1. The van der Waals surface area contributed by atoms with Crippen LogP contribution in [0.2, 0.25) is 0 Å². The third kappa shape index (κ3) is 2.44. The van der Waals surface area contributed by atoms with E-state index in [4.69, 9.17) is 0 Å². The highest BCUT2D eigenvalue weighted by Crippen LogP contribution is 2.35. The zero-order chi connectivity index (χ0) is 15.1. The maximum Gasteiger partial charge on any atom is 0.250 e. The van der Waals surface area contributed by atoms with Gasteiger partial charge in [0.15, 0.2) is 0 Å². The predicted octanol–water partition coefficient (Wildman–Crippen LogP) is 2.17. The van der Waals surface area contributed by atoms with E-state index in [0.717, 1.165) is 26.2 Å². The van der Waals surface area contributed by atoms with E-state index in [9.17, 15) is 9.90 Å². The van der Waals surface area contributed by atoms with Crippen LogP contribution in [0.4, 0.5) is 0 Å². The van der Waals surface area contributed by atoms with Crippen LogP contribution >= 0.6 is 0 Å². The molecule has 1 aromatic carbocycles. The molecule has 22 heavy (non-hydrogen) atoms. The summed E-state index contributed by atoms with van der Waals surface area (Å²) < 4.78 is 1.97. The van der Waals surface area contributed by atoms with Gasteiger partial charge in [-0.15, -0.1) is 0 Å². The number of phenols is 1. The summed E-state index contributed by atoms with van der Waals surface area (Å²) in [5.41, 5.74) is 2.56. The van der Waals surface area contributed by atoms with Gasteiger partial charge < -0.3 is 9.67 Å². The first-order valence-electron chi connectivity index (χ1n) is 7.89. The maximum atomic E-state index is 12.0. The van der Waals surface area contributed by atoms with Gasteiger partial charge in [-0.3, -0.25) is 9.69 Å². The highest BCUT2D eigenvalue weighted by molar-refractivity contribution is 5.26. The van der Waals surface area contributed by atoms with Gasteiger partial charge in [0, 0.05) is 43.9 Å². The molecular formula is C18H20N2O2. The van der Waals surface area contributed by atoms with Crippen LogP contribution < -0.4 is 5.56 Å². The van der Waals surface area contributed by atoms with Crippen molar-refractivity contribution in [1.29, 1.82) is 0 Å². The van der Waals surface area contributed by atoms with Crippen molar-refractivity contribution in [2.75, 3.05) is 13.1 Å². The molecule has 114 valence electrons. The number of hydrogen-bond acceptors (Lipinski definition) is 3. The van der Waals surface area contributed by atoms with E-state index >= 15 is 0 Å². The summed E-state index contributed by atoms with van der Waals surface area (Å²) in [6, 6.07) is 13.1. The fraction of sp³-hybridized carbons (Fsp3) is 0.389. The van der Waals surface area contributed by atoms with Crippen molar-refractivity contribution in [3.8, 4) is 5.75 Å². The van der Waals surface area contributed by atoms with Gasteiger partial charge >= 0.3 is 0 Å². The lowest BCUT2D eigenvalue weighted by Crippen LogP contribution is -2.46. The SMILES string of the molecule is O=c1cccc2n1CC1CC2CN(Cc2ccc(O)cc2)C1. The van der Waals surface area contributed by atoms with Crippen molar-refractivity contribution in [1.82, 2.24) is 9.47 Å². The fourth-order valence-corrected chi connectivity index (χ4v) is 3.98. The minimum Gasteiger partial charge on any atom is -0.508 e. The number of fused-ring (bicyclic) bond motifs is 4. The number of hydrogen-bond donors (Lipinski definition) is 1. The molecule has 2 unspecified atom stereocenters. The number of pyridine rings is 1. The molecule has 1 saturated heterocycles. The summed E-state index contributed by atoms with van der Waals surface area (Å²) in [6.07, 6.45) is 1.19. The third-order valence-electron chi connectivity index (χ3n) is 4.90. The van der Waals surface area contributed by atoms with Crippen molar-refractivity contribution in [2.24, 2.45) is 5.92 Å². The lowest BCUT2D eigenvalue weighted by molar-refractivity contribution is 0.114. The Morgan fingerprint density at radius 1 is 1.05 bits per heavy atom. The second-order valence-corrected chi connectivity index (χ2v) is 6.56. The smallest absolute Gasteiger partial charge is 0.250 e. The molecule has 0 spiro atoms. The Morgan fingerprint density at radius 2 is 1.86 bits per heavy atom. The average molecular weight is 296 g/mol. The van der Waals surface area contributed by atoms with Gasteiger partial charge in [-0.05, 0) is 36.1 Å². The Hall–Kier alpha value is -2.07. The minimum absolute atomic E-state index is 0.138. The molecule has 0 radical (unpaired) electrons. The summed E-state index contributed by atoms with van der Waals surface area (Å²) in [5.74, 6) is 1.33. The van der Waals surface area contributed by atoms with Crippen LogP contribution in [0.25, 0.3) is 0 Å². The highest BCUT2D eigenvalue weighted by atomic mass is 16.3. The van der Waals surface area contributed by atoms with Crippen molar-refractivity contribution < 1.29 is 5.11 Å². The van der Waals surface area contributed by atoms with Gasteiger partial charge in [0.05, 0.1) is 0 Å². The van der Waals surface area contributed by atoms with E-state index in [-0.39, 0.29) is 5.56 Å². The predicted molar refractivity (Wildman–Crippen MR) is 84.9 cm³/mol. The number of phenolic OH excluding ortho intramolecular Hbond substituents is 1. The molecular weight excluding hydrogens is 276 g/mol. The molecule has 2 bridgehead atoms.